The highest BCUT2D eigenvalue weighted by Crippen LogP contribution is 2.28. The molecular weight excluding hydrogens is 362 g/mol. The molecule has 1 heterocycles. The van der Waals surface area contributed by atoms with E-state index in [2.05, 4.69) is 15.5 Å². The minimum absolute atomic E-state index is 0.106. The van der Waals surface area contributed by atoms with Gasteiger partial charge in [0.05, 0.1) is 5.25 Å². The molecule has 3 rings (SSSR count). The van der Waals surface area contributed by atoms with Gasteiger partial charge in [-0.2, -0.15) is 0 Å². The second-order valence-corrected chi connectivity index (χ2v) is 7.81. The number of nitrogens with one attached hydrogen (secondary N) is 1. The molecule has 0 aliphatic carbocycles. The lowest BCUT2D eigenvalue weighted by Gasteiger charge is -2.10. The predicted octanol–water partition coefficient (Wildman–Crippen LogP) is 4.98. The number of aromatic nitrogens is 2. The third-order valence-electron chi connectivity index (χ3n) is 3.17. The maximum atomic E-state index is 12.3. The topological polar surface area (TPSA) is 54.9 Å². The average molecular weight is 376 g/mol. The number of carbonyl (C=O) groups is 1. The van der Waals surface area contributed by atoms with Crippen LogP contribution in [0.25, 0.3) is 10.6 Å². The van der Waals surface area contributed by atoms with Crippen LogP contribution in [-0.2, 0) is 4.79 Å². The number of hydrogen-bond acceptors (Lipinski definition) is 5. The fourth-order valence-corrected chi connectivity index (χ4v) is 3.69. The van der Waals surface area contributed by atoms with Crippen LogP contribution in [0.3, 0.4) is 0 Å². The standard InChI is InChI=1S/C17H14ClN3OS2/c1-11(23-14-9-7-13(18)8-10-14)15(22)19-17-21-20-16(24-17)12-5-3-2-4-6-12/h2-11H,1H3,(H,19,21,22)/t11-/m0/s1. The summed E-state index contributed by atoms with van der Waals surface area (Å²) in [6.07, 6.45) is 0. The van der Waals surface area contributed by atoms with E-state index in [9.17, 15) is 4.79 Å². The lowest BCUT2D eigenvalue weighted by molar-refractivity contribution is -0.115. The fourth-order valence-electron chi connectivity index (χ4n) is 1.95. The normalized spacial score (nSPS) is 11.9. The first-order valence-electron chi connectivity index (χ1n) is 7.24. The van der Waals surface area contributed by atoms with Gasteiger partial charge in [0.25, 0.3) is 0 Å². The van der Waals surface area contributed by atoms with Gasteiger partial charge in [-0.1, -0.05) is 53.3 Å². The molecule has 0 aliphatic rings. The van der Waals surface area contributed by atoms with Crippen molar-refractivity contribution < 1.29 is 4.79 Å². The molecule has 1 aromatic heterocycles. The molecule has 0 bridgehead atoms. The summed E-state index contributed by atoms with van der Waals surface area (Å²) in [5.74, 6) is -0.106. The summed E-state index contributed by atoms with van der Waals surface area (Å²) in [4.78, 5) is 13.3. The number of benzene rings is 2. The van der Waals surface area contributed by atoms with Crippen LogP contribution >= 0.6 is 34.7 Å². The minimum Gasteiger partial charge on any atom is -0.300 e. The molecule has 7 heteroatoms. The summed E-state index contributed by atoms with van der Waals surface area (Å²) in [6.45, 7) is 1.85. The van der Waals surface area contributed by atoms with Crippen molar-refractivity contribution in [3.63, 3.8) is 0 Å². The molecule has 4 nitrogen and oxygen atoms in total. The molecule has 1 amide bonds. The van der Waals surface area contributed by atoms with Gasteiger partial charge < -0.3 is 0 Å². The van der Waals surface area contributed by atoms with E-state index in [1.807, 2.05) is 61.5 Å². The number of rotatable bonds is 5. The third kappa shape index (κ3) is 4.35. The van der Waals surface area contributed by atoms with E-state index in [4.69, 9.17) is 11.6 Å². The zero-order valence-electron chi connectivity index (χ0n) is 12.8. The molecule has 1 N–H and O–H groups in total. The smallest absolute Gasteiger partial charge is 0.239 e. The van der Waals surface area contributed by atoms with Crippen molar-refractivity contribution in [2.45, 2.75) is 17.1 Å². The monoisotopic (exact) mass is 375 g/mol. The molecule has 0 spiro atoms. The Hall–Kier alpha value is -1.89. The molecule has 0 radical (unpaired) electrons. The van der Waals surface area contributed by atoms with Crippen LogP contribution in [0.2, 0.25) is 5.02 Å². The van der Waals surface area contributed by atoms with Gasteiger partial charge >= 0.3 is 0 Å². The maximum absolute atomic E-state index is 12.3. The first kappa shape index (κ1) is 17.0. The largest absolute Gasteiger partial charge is 0.300 e. The highest BCUT2D eigenvalue weighted by Gasteiger charge is 2.17. The van der Waals surface area contributed by atoms with E-state index >= 15 is 0 Å². The molecule has 0 fully saturated rings. The van der Waals surface area contributed by atoms with Crippen LogP contribution < -0.4 is 5.32 Å². The Labute approximate surface area is 153 Å². The van der Waals surface area contributed by atoms with E-state index in [0.29, 0.717) is 10.2 Å². The van der Waals surface area contributed by atoms with Crippen LogP contribution in [0.5, 0.6) is 0 Å². The number of nitrogens with zero attached hydrogens (tertiary/aromatic N) is 2. The zero-order valence-corrected chi connectivity index (χ0v) is 15.2. The quantitative estimate of drug-likeness (QED) is 0.639. The van der Waals surface area contributed by atoms with Crippen molar-refractivity contribution in [3.05, 3.63) is 59.6 Å². The number of thioether (sulfide) groups is 1. The van der Waals surface area contributed by atoms with Crippen LogP contribution in [0.4, 0.5) is 5.13 Å². The second-order valence-electron chi connectivity index (χ2n) is 4.98. The second kappa shape index (κ2) is 7.79. The Morgan fingerprint density at radius 1 is 1.12 bits per heavy atom. The van der Waals surface area contributed by atoms with Gasteiger partial charge in [-0.3, -0.25) is 10.1 Å². The third-order valence-corrected chi connectivity index (χ3v) is 5.42. The number of amides is 1. The van der Waals surface area contributed by atoms with Crippen molar-refractivity contribution in [2.24, 2.45) is 0 Å². The molecule has 24 heavy (non-hydrogen) atoms. The number of halogens is 1. The van der Waals surface area contributed by atoms with Crippen molar-refractivity contribution >= 4 is 45.7 Å². The summed E-state index contributed by atoms with van der Waals surface area (Å²) >= 11 is 8.70. The van der Waals surface area contributed by atoms with Crippen LogP contribution in [0.15, 0.2) is 59.5 Å². The van der Waals surface area contributed by atoms with Gasteiger partial charge in [0, 0.05) is 15.5 Å². The molecule has 3 aromatic rings. The number of hydrogen-bond donors (Lipinski definition) is 1. The molecular formula is C17H14ClN3OS2. The van der Waals surface area contributed by atoms with Gasteiger partial charge in [0.15, 0.2) is 0 Å². The molecule has 1 atom stereocenters. The van der Waals surface area contributed by atoms with Crippen LogP contribution in [0.1, 0.15) is 6.92 Å². The molecule has 2 aromatic carbocycles. The Kier molecular flexibility index (Phi) is 5.50. The van der Waals surface area contributed by atoms with Gasteiger partial charge in [-0.15, -0.1) is 22.0 Å². The highest BCUT2D eigenvalue weighted by molar-refractivity contribution is 8.00. The maximum Gasteiger partial charge on any atom is 0.239 e. The summed E-state index contributed by atoms with van der Waals surface area (Å²) in [6, 6.07) is 17.2. The Balaban J connectivity index is 1.62. The van der Waals surface area contributed by atoms with Crippen molar-refractivity contribution in [1.82, 2.24) is 10.2 Å². The first-order valence-corrected chi connectivity index (χ1v) is 9.31. The average Bonchev–Trinajstić information content (AvgIpc) is 3.06. The minimum atomic E-state index is -0.254. The Bertz CT molecular complexity index is 821. The van der Waals surface area contributed by atoms with Gasteiger partial charge in [-0.25, -0.2) is 0 Å². The number of carbonyl (C=O) groups excluding carboxylic acids is 1. The van der Waals surface area contributed by atoms with Crippen LogP contribution in [0, 0.1) is 0 Å². The lowest BCUT2D eigenvalue weighted by atomic mass is 10.2. The van der Waals surface area contributed by atoms with E-state index in [-0.39, 0.29) is 11.2 Å². The van der Waals surface area contributed by atoms with Crippen LogP contribution in [-0.4, -0.2) is 21.4 Å². The van der Waals surface area contributed by atoms with Gasteiger partial charge in [-0.05, 0) is 31.2 Å². The summed E-state index contributed by atoms with van der Waals surface area (Å²) in [7, 11) is 0. The summed E-state index contributed by atoms with van der Waals surface area (Å²) < 4.78 is 0. The van der Waals surface area contributed by atoms with Crippen molar-refractivity contribution in [1.29, 1.82) is 0 Å². The van der Waals surface area contributed by atoms with Crippen molar-refractivity contribution in [2.75, 3.05) is 5.32 Å². The predicted molar refractivity (Wildman–Crippen MR) is 101 cm³/mol. The molecule has 0 aliphatic heterocycles. The fraction of sp³-hybridized carbons (Fsp3) is 0.118. The highest BCUT2D eigenvalue weighted by atomic mass is 35.5. The molecule has 0 saturated carbocycles. The van der Waals surface area contributed by atoms with E-state index in [0.717, 1.165) is 15.5 Å². The lowest BCUT2D eigenvalue weighted by Crippen LogP contribution is -2.22. The van der Waals surface area contributed by atoms with E-state index < -0.39 is 0 Å². The van der Waals surface area contributed by atoms with Gasteiger partial charge in [0.1, 0.15) is 5.01 Å². The number of anilines is 1. The molecule has 122 valence electrons. The summed E-state index contributed by atoms with van der Waals surface area (Å²) in [5.41, 5.74) is 0.985. The van der Waals surface area contributed by atoms with Gasteiger partial charge in [0.2, 0.25) is 11.0 Å². The first-order chi connectivity index (χ1) is 11.6. The Morgan fingerprint density at radius 3 is 2.54 bits per heavy atom. The SMILES string of the molecule is C[C@H](Sc1ccc(Cl)cc1)C(=O)Nc1nnc(-c2ccccc2)s1. The van der Waals surface area contributed by atoms with E-state index in [1.165, 1.54) is 23.1 Å². The Morgan fingerprint density at radius 2 is 1.83 bits per heavy atom. The summed E-state index contributed by atoms with van der Waals surface area (Å²) in [5, 5.41) is 12.7. The van der Waals surface area contributed by atoms with E-state index in [1.54, 1.807) is 0 Å². The zero-order chi connectivity index (χ0) is 16.9. The van der Waals surface area contributed by atoms with Crippen molar-refractivity contribution in [3.8, 4) is 10.6 Å². The molecule has 0 saturated heterocycles. The molecule has 0 unspecified atom stereocenters.